The molecule has 7 heteroatoms. The molecular weight excluding hydrogens is 278 g/mol. The van der Waals surface area contributed by atoms with Crippen LogP contribution in [0.25, 0.3) is 0 Å². The number of pyridine rings is 1. The minimum atomic E-state index is 0.638. The number of nitrogens with two attached hydrogens (primary N) is 1. The van der Waals surface area contributed by atoms with Crippen molar-refractivity contribution < 1.29 is 0 Å². The van der Waals surface area contributed by atoms with Gasteiger partial charge < -0.3 is 20.4 Å². The van der Waals surface area contributed by atoms with Gasteiger partial charge in [0.15, 0.2) is 11.6 Å². The normalized spacial score (nSPS) is 15.0. The first-order valence-electron chi connectivity index (χ1n) is 7.35. The number of rotatable bonds is 3. The summed E-state index contributed by atoms with van der Waals surface area (Å²) in [7, 11) is 3.86. The summed E-state index contributed by atoms with van der Waals surface area (Å²) in [5, 5.41) is 0. The van der Waals surface area contributed by atoms with Crippen LogP contribution in [0, 0.1) is 0 Å². The van der Waals surface area contributed by atoms with E-state index >= 15 is 0 Å². The van der Waals surface area contributed by atoms with Crippen LogP contribution >= 0.6 is 0 Å². The molecule has 0 spiro atoms. The first-order chi connectivity index (χ1) is 10.7. The Kier molecular flexibility index (Phi) is 3.95. The summed E-state index contributed by atoms with van der Waals surface area (Å²) in [5.41, 5.74) is 6.86. The van der Waals surface area contributed by atoms with Crippen LogP contribution in [0.1, 0.15) is 0 Å². The molecule has 7 nitrogen and oxygen atoms in total. The molecule has 0 radical (unpaired) electrons. The van der Waals surface area contributed by atoms with Crippen LogP contribution in [0.15, 0.2) is 30.7 Å². The number of piperazine rings is 1. The Morgan fingerprint density at radius 1 is 1.00 bits per heavy atom. The predicted octanol–water partition coefficient (Wildman–Crippen LogP) is 0.846. The van der Waals surface area contributed by atoms with Crippen molar-refractivity contribution in [3.05, 3.63) is 30.7 Å². The maximum Gasteiger partial charge on any atom is 0.157 e. The van der Waals surface area contributed by atoms with Crippen molar-refractivity contribution >= 4 is 23.1 Å². The Morgan fingerprint density at radius 2 is 1.73 bits per heavy atom. The average Bonchev–Trinajstić information content (AvgIpc) is 2.56. The number of hydrogen-bond acceptors (Lipinski definition) is 7. The van der Waals surface area contributed by atoms with E-state index in [9.17, 15) is 0 Å². The van der Waals surface area contributed by atoms with Gasteiger partial charge in [-0.05, 0) is 12.1 Å². The van der Waals surface area contributed by atoms with Crippen molar-refractivity contribution in [3.8, 4) is 0 Å². The Morgan fingerprint density at radius 3 is 2.36 bits per heavy atom. The molecule has 116 valence electrons. The molecular formula is C15H21N7. The van der Waals surface area contributed by atoms with Gasteiger partial charge in [0.2, 0.25) is 0 Å². The van der Waals surface area contributed by atoms with Crippen molar-refractivity contribution in [2.24, 2.45) is 0 Å². The molecule has 1 aliphatic heterocycles. The summed E-state index contributed by atoms with van der Waals surface area (Å²) >= 11 is 0. The third-order valence-electron chi connectivity index (χ3n) is 3.82. The van der Waals surface area contributed by atoms with Gasteiger partial charge in [-0.25, -0.2) is 15.0 Å². The van der Waals surface area contributed by atoms with E-state index < -0.39 is 0 Å². The second-order valence-electron chi connectivity index (χ2n) is 5.49. The highest BCUT2D eigenvalue weighted by molar-refractivity contribution is 5.75. The zero-order valence-corrected chi connectivity index (χ0v) is 13.0. The molecule has 0 aromatic carbocycles. The molecule has 1 aliphatic rings. The summed E-state index contributed by atoms with van der Waals surface area (Å²) < 4.78 is 0. The quantitative estimate of drug-likeness (QED) is 0.900. The Hall–Kier alpha value is -2.57. The molecule has 2 aromatic heterocycles. The van der Waals surface area contributed by atoms with Gasteiger partial charge in [0.05, 0.1) is 0 Å². The van der Waals surface area contributed by atoms with Crippen molar-refractivity contribution in [1.82, 2.24) is 15.0 Å². The summed E-state index contributed by atoms with van der Waals surface area (Å²) in [4.78, 5) is 19.4. The molecule has 0 atom stereocenters. The first kappa shape index (κ1) is 14.4. The Labute approximate surface area is 130 Å². The van der Waals surface area contributed by atoms with Crippen molar-refractivity contribution in [2.75, 3.05) is 60.7 Å². The number of hydrogen-bond donors (Lipinski definition) is 1. The molecule has 1 fully saturated rings. The molecule has 0 aliphatic carbocycles. The van der Waals surface area contributed by atoms with Crippen molar-refractivity contribution in [1.29, 1.82) is 0 Å². The van der Waals surface area contributed by atoms with Crippen LogP contribution in [-0.4, -0.2) is 55.2 Å². The van der Waals surface area contributed by atoms with Gasteiger partial charge in [0.25, 0.3) is 0 Å². The molecule has 0 unspecified atom stereocenters. The van der Waals surface area contributed by atoms with E-state index in [1.54, 1.807) is 6.33 Å². The van der Waals surface area contributed by atoms with E-state index in [0.717, 1.165) is 43.6 Å². The highest BCUT2D eigenvalue weighted by atomic mass is 15.3. The third-order valence-corrected chi connectivity index (χ3v) is 3.82. The van der Waals surface area contributed by atoms with Crippen LogP contribution in [-0.2, 0) is 0 Å². The standard InChI is InChI=1S/C15H21N7/c1-20(2)14-13(16)15(19-11-18-14)22-9-7-21(8-10-22)12-5-3-4-6-17-12/h3-6,11H,7-10,16H2,1-2H3. The van der Waals surface area contributed by atoms with Crippen LogP contribution in [0.5, 0.6) is 0 Å². The average molecular weight is 299 g/mol. The SMILES string of the molecule is CN(C)c1ncnc(N2CCN(c3ccccn3)CC2)c1N. The molecule has 3 rings (SSSR count). The minimum Gasteiger partial charge on any atom is -0.393 e. The topological polar surface area (TPSA) is 74.4 Å². The second kappa shape index (κ2) is 6.05. The maximum absolute atomic E-state index is 6.23. The van der Waals surface area contributed by atoms with Gasteiger partial charge in [0.1, 0.15) is 17.8 Å². The highest BCUT2D eigenvalue weighted by Crippen LogP contribution is 2.28. The lowest BCUT2D eigenvalue weighted by molar-refractivity contribution is 0.642. The smallest absolute Gasteiger partial charge is 0.157 e. The van der Waals surface area contributed by atoms with Crippen LogP contribution in [0.2, 0.25) is 0 Å². The zero-order chi connectivity index (χ0) is 15.5. The van der Waals surface area contributed by atoms with Gasteiger partial charge >= 0.3 is 0 Å². The lowest BCUT2D eigenvalue weighted by Crippen LogP contribution is -2.47. The zero-order valence-electron chi connectivity index (χ0n) is 13.0. The number of nitrogens with zero attached hydrogens (tertiary/aromatic N) is 6. The molecule has 22 heavy (non-hydrogen) atoms. The van der Waals surface area contributed by atoms with Gasteiger partial charge in [-0.2, -0.15) is 0 Å². The molecule has 2 N–H and O–H groups in total. The molecule has 0 amide bonds. The van der Waals surface area contributed by atoms with Crippen molar-refractivity contribution in [3.63, 3.8) is 0 Å². The summed E-state index contributed by atoms with van der Waals surface area (Å²) in [6.45, 7) is 3.53. The van der Waals surface area contributed by atoms with E-state index in [-0.39, 0.29) is 0 Å². The van der Waals surface area contributed by atoms with Gasteiger partial charge in [-0.3, -0.25) is 0 Å². The van der Waals surface area contributed by atoms with Gasteiger partial charge in [-0.1, -0.05) is 6.07 Å². The predicted molar refractivity (Wildman–Crippen MR) is 89.4 cm³/mol. The first-order valence-corrected chi connectivity index (χ1v) is 7.35. The minimum absolute atomic E-state index is 0.638. The van der Waals surface area contributed by atoms with E-state index in [2.05, 4.69) is 24.8 Å². The third kappa shape index (κ3) is 2.74. The molecule has 3 heterocycles. The molecule has 2 aromatic rings. The van der Waals surface area contributed by atoms with Crippen LogP contribution < -0.4 is 20.4 Å². The Balaban J connectivity index is 1.73. The van der Waals surface area contributed by atoms with Gasteiger partial charge in [-0.15, -0.1) is 0 Å². The van der Waals surface area contributed by atoms with E-state index in [0.29, 0.717) is 5.69 Å². The fourth-order valence-electron chi connectivity index (χ4n) is 2.67. The molecule has 0 saturated carbocycles. The van der Waals surface area contributed by atoms with Gasteiger partial charge in [0, 0.05) is 46.5 Å². The molecule has 0 bridgehead atoms. The van der Waals surface area contributed by atoms with E-state index in [1.807, 2.05) is 43.4 Å². The molecule has 1 saturated heterocycles. The fraction of sp³-hybridized carbons (Fsp3) is 0.400. The summed E-state index contributed by atoms with van der Waals surface area (Å²) in [6, 6.07) is 5.99. The van der Waals surface area contributed by atoms with E-state index in [4.69, 9.17) is 5.73 Å². The summed E-state index contributed by atoms with van der Waals surface area (Å²) in [5.74, 6) is 2.60. The van der Waals surface area contributed by atoms with Crippen LogP contribution in [0.3, 0.4) is 0 Å². The number of anilines is 4. The lowest BCUT2D eigenvalue weighted by atomic mass is 10.3. The lowest BCUT2D eigenvalue weighted by Gasteiger charge is -2.36. The van der Waals surface area contributed by atoms with Crippen LogP contribution in [0.4, 0.5) is 23.1 Å². The van der Waals surface area contributed by atoms with Crippen molar-refractivity contribution in [2.45, 2.75) is 0 Å². The monoisotopic (exact) mass is 299 g/mol. The number of aromatic nitrogens is 3. The maximum atomic E-state index is 6.23. The fourth-order valence-corrected chi connectivity index (χ4v) is 2.67. The number of nitrogen functional groups attached to an aromatic ring is 1. The second-order valence-corrected chi connectivity index (χ2v) is 5.49. The van der Waals surface area contributed by atoms with E-state index in [1.165, 1.54) is 0 Å². The Bertz CT molecular complexity index is 621. The summed E-state index contributed by atoms with van der Waals surface area (Å²) in [6.07, 6.45) is 3.40. The largest absolute Gasteiger partial charge is 0.393 e. The highest BCUT2D eigenvalue weighted by Gasteiger charge is 2.22.